The molecular weight excluding hydrogens is 504 g/mol. The zero-order valence-electron chi connectivity index (χ0n) is 23.0. The van der Waals surface area contributed by atoms with Crippen LogP contribution in [0, 0.1) is 26.7 Å². The minimum absolute atomic E-state index is 0.0597. The monoisotopic (exact) mass is 538 g/mol. The summed E-state index contributed by atoms with van der Waals surface area (Å²) in [7, 11) is 0. The molecule has 7 rings (SSSR count). The van der Waals surface area contributed by atoms with Crippen LogP contribution in [0.2, 0.25) is 0 Å². The molecule has 4 aromatic rings. The quantitative estimate of drug-likeness (QED) is 0.331. The maximum atomic E-state index is 6.06. The topological polar surface area (TPSA) is 58.8 Å². The van der Waals surface area contributed by atoms with Crippen LogP contribution in [0.1, 0.15) is 46.2 Å². The van der Waals surface area contributed by atoms with Gasteiger partial charge in [-0.05, 0) is 57.5 Å². The first-order chi connectivity index (χ1) is 18.9. The highest BCUT2D eigenvalue weighted by Gasteiger charge is 2.35. The third-order valence-corrected chi connectivity index (χ3v) is 9.49. The summed E-state index contributed by atoms with van der Waals surface area (Å²) in [5.41, 5.74) is 6.01. The van der Waals surface area contributed by atoms with Crippen molar-refractivity contribution in [2.24, 2.45) is 10.9 Å². The van der Waals surface area contributed by atoms with Gasteiger partial charge < -0.3 is 9.64 Å². The lowest BCUT2D eigenvalue weighted by Gasteiger charge is -2.47. The molecule has 2 saturated heterocycles. The second-order valence-electron chi connectivity index (χ2n) is 11.1. The van der Waals surface area contributed by atoms with Gasteiger partial charge in [-0.3, -0.25) is 14.5 Å². The molecule has 0 aliphatic carbocycles. The fraction of sp³-hybridized carbons (Fsp3) is 0.387. The summed E-state index contributed by atoms with van der Waals surface area (Å²) in [5, 5.41) is 10.0. The summed E-state index contributed by atoms with van der Waals surface area (Å²) in [6, 6.07) is 19.1. The van der Waals surface area contributed by atoms with Crippen molar-refractivity contribution in [3.05, 3.63) is 87.8 Å². The van der Waals surface area contributed by atoms with E-state index in [-0.39, 0.29) is 6.04 Å². The van der Waals surface area contributed by atoms with Crippen LogP contribution >= 0.6 is 11.3 Å². The summed E-state index contributed by atoms with van der Waals surface area (Å²) in [6.45, 7) is 14.0. The average Bonchev–Trinajstić information content (AvgIpc) is 3.38. The fourth-order valence-corrected chi connectivity index (χ4v) is 7.22. The molecule has 0 saturated carbocycles. The largest absolute Gasteiger partial charge is 0.488 e. The minimum atomic E-state index is -0.0597. The molecule has 0 amide bonds. The summed E-state index contributed by atoms with van der Waals surface area (Å²) < 4.78 is 8.26. The van der Waals surface area contributed by atoms with E-state index in [0.717, 1.165) is 61.4 Å². The molecule has 7 nitrogen and oxygen atoms in total. The Kier molecular flexibility index (Phi) is 6.05. The Hall–Kier alpha value is -3.49. The number of anilines is 1. The highest BCUT2D eigenvalue weighted by Crippen LogP contribution is 2.39. The highest BCUT2D eigenvalue weighted by molar-refractivity contribution is 7.15. The van der Waals surface area contributed by atoms with Gasteiger partial charge in [-0.1, -0.05) is 30.3 Å². The molecule has 0 radical (unpaired) electrons. The molecule has 2 fully saturated rings. The number of likely N-dealkylation sites (tertiary alicyclic amines) is 1. The van der Waals surface area contributed by atoms with Crippen LogP contribution in [-0.2, 0) is 0 Å². The lowest BCUT2D eigenvalue weighted by molar-refractivity contribution is 0.00754. The van der Waals surface area contributed by atoms with Crippen molar-refractivity contribution >= 4 is 22.7 Å². The Labute approximate surface area is 233 Å². The average molecular weight is 539 g/mol. The molecule has 8 heteroatoms. The summed E-state index contributed by atoms with van der Waals surface area (Å²) >= 11 is 1.81. The van der Waals surface area contributed by atoms with Crippen molar-refractivity contribution in [3.8, 4) is 10.8 Å². The van der Waals surface area contributed by atoms with E-state index in [1.165, 1.54) is 26.7 Å². The number of ether oxygens (including phenoxy) is 1. The van der Waals surface area contributed by atoms with Gasteiger partial charge in [0.15, 0.2) is 5.82 Å². The van der Waals surface area contributed by atoms with Crippen LogP contribution < -0.4 is 9.64 Å². The Balaban J connectivity index is 1.01. The van der Waals surface area contributed by atoms with Crippen LogP contribution in [0.4, 0.5) is 5.69 Å². The number of hydrogen-bond donors (Lipinski definition) is 0. The van der Waals surface area contributed by atoms with Gasteiger partial charge in [-0.15, -0.1) is 21.5 Å². The molecule has 3 aliphatic rings. The van der Waals surface area contributed by atoms with Gasteiger partial charge in [0.2, 0.25) is 0 Å². The molecule has 3 aliphatic heterocycles. The molecule has 0 spiro atoms. The first-order valence-electron chi connectivity index (χ1n) is 13.8. The van der Waals surface area contributed by atoms with Gasteiger partial charge in [0.25, 0.3) is 0 Å². The van der Waals surface area contributed by atoms with Gasteiger partial charge in [0.1, 0.15) is 28.7 Å². The van der Waals surface area contributed by atoms with Gasteiger partial charge in [-0.25, -0.2) is 0 Å². The van der Waals surface area contributed by atoms with Crippen LogP contribution in [0.15, 0.2) is 59.6 Å². The SMILES string of the molecule is Cc1sc2c(c1C)C(c1ccc(N3CC(CN4CC(Oc5ccccc5)C4)C3)cc1)=N[C@@H](C)c1nnc(C)n1-2. The Morgan fingerprint density at radius 2 is 1.67 bits per heavy atom. The number of para-hydroxylation sites is 1. The molecule has 0 bridgehead atoms. The second kappa shape index (κ2) is 9.61. The lowest BCUT2D eigenvalue weighted by Crippen LogP contribution is -2.59. The van der Waals surface area contributed by atoms with Crippen molar-refractivity contribution in [3.63, 3.8) is 0 Å². The van der Waals surface area contributed by atoms with Gasteiger partial charge >= 0.3 is 0 Å². The van der Waals surface area contributed by atoms with Crippen molar-refractivity contribution in [2.45, 2.75) is 39.8 Å². The Bertz CT molecular complexity index is 1530. The molecule has 0 unspecified atom stereocenters. The molecule has 1 atom stereocenters. The Morgan fingerprint density at radius 3 is 2.41 bits per heavy atom. The minimum Gasteiger partial charge on any atom is -0.488 e. The summed E-state index contributed by atoms with van der Waals surface area (Å²) in [4.78, 5) is 11.5. The molecule has 5 heterocycles. The summed E-state index contributed by atoms with van der Waals surface area (Å²) in [6.07, 6.45) is 0.321. The zero-order chi connectivity index (χ0) is 26.7. The van der Waals surface area contributed by atoms with Crippen molar-refractivity contribution in [2.75, 3.05) is 37.6 Å². The van der Waals surface area contributed by atoms with E-state index >= 15 is 0 Å². The van der Waals surface area contributed by atoms with Gasteiger partial charge in [0.05, 0.1) is 5.71 Å². The van der Waals surface area contributed by atoms with Crippen molar-refractivity contribution < 1.29 is 4.74 Å². The molecule has 2 aromatic heterocycles. The number of thiophene rings is 1. The van der Waals surface area contributed by atoms with E-state index in [9.17, 15) is 0 Å². The number of nitrogens with zero attached hydrogens (tertiary/aromatic N) is 6. The maximum Gasteiger partial charge on any atom is 0.162 e. The Morgan fingerprint density at radius 1 is 0.923 bits per heavy atom. The predicted molar refractivity (Wildman–Crippen MR) is 157 cm³/mol. The molecule has 0 N–H and O–H groups in total. The van der Waals surface area contributed by atoms with Crippen LogP contribution in [0.25, 0.3) is 5.00 Å². The number of hydrogen-bond acceptors (Lipinski definition) is 7. The van der Waals surface area contributed by atoms with Crippen molar-refractivity contribution in [1.82, 2.24) is 19.7 Å². The number of rotatable bonds is 6. The highest BCUT2D eigenvalue weighted by atomic mass is 32.1. The lowest BCUT2D eigenvalue weighted by atomic mass is 9.95. The number of fused-ring (bicyclic) bond motifs is 3. The maximum absolute atomic E-state index is 6.06. The van der Waals surface area contributed by atoms with Crippen LogP contribution in [-0.4, -0.2) is 64.2 Å². The first kappa shape index (κ1) is 24.5. The molecule has 2 aromatic carbocycles. The molecule has 39 heavy (non-hydrogen) atoms. The first-order valence-corrected chi connectivity index (χ1v) is 14.7. The number of benzene rings is 2. The van der Waals surface area contributed by atoms with Crippen LogP contribution in [0.5, 0.6) is 5.75 Å². The zero-order valence-corrected chi connectivity index (χ0v) is 23.8. The molecule has 200 valence electrons. The van der Waals surface area contributed by atoms with E-state index in [2.05, 4.69) is 69.6 Å². The number of aliphatic imine (C=N–C) groups is 1. The number of aromatic nitrogens is 3. The second-order valence-corrected chi connectivity index (χ2v) is 12.4. The van der Waals surface area contributed by atoms with Crippen LogP contribution in [0.3, 0.4) is 0 Å². The standard InChI is InChI=1S/C31H34N6OS/c1-19-21(3)39-31-28(19)29(32-20(2)30-34-33-22(4)37(30)31)24-10-12-25(13-11-24)36-15-23(16-36)14-35-17-27(18-35)38-26-8-6-5-7-9-26/h5-13,20,23,27H,14-18H2,1-4H3/t20-/m0/s1. The van der Waals surface area contributed by atoms with E-state index in [1.807, 2.05) is 37.3 Å². The van der Waals surface area contributed by atoms with Gasteiger partial charge in [0, 0.05) is 60.3 Å². The van der Waals surface area contributed by atoms with E-state index in [1.54, 1.807) is 11.3 Å². The van der Waals surface area contributed by atoms with Crippen molar-refractivity contribution in [1.29, 1.82) is 0 Å². The third-order valence-electron chi connectivity index (χ3n) is 8.30. The normalized spacial score (nSPS) is 19.5. The smallest absolute Gasteiger partial charge is 0.162 e. The molecular formula is C31H34N6OS. The number of aryl methyl sites for hydroxylation is 2. The predicted octanol–water partition coefficient (Wildman–Crippen LogP) is 5.37. The van der Waals surface area contributed by atoms with Gasteiger partial charge in [-0.2, -0.15) is 0 Å². The van der Waals surface area contributed by atoms with E-state index < -0.39 is 0 Å². The van der Waals surface area contributed by atoms with E-state index in [4.69, 9.17) is 9.73 Å². The third kappa shape index (κ3) is 4.36. The fourth-order valence-electron chi connectivity index (χ4n) is 6.01. The van der Waals surface area contributed by atoms with E-state index in [0.29, 0.717) is 12.0 Å². The summed E-state index contributed by atoms with van der Waals surface area (Å²) in [5.74, 6) is 3.51.